The Morgan fingerprint density at radius 2 is 2.23 bits per heavy atom. The molecule has 9 heteroatoms. The smallest absolute Gasteiger partial charge is 0.265 e. The number of nitrogens with zero attached hydrogens (tertiary/aromatic N) is 2. The summed E-state index contributed by atoms with van der Waals surface area (Å²) >= 11 is 13.3. The fourth-order valence-electron chi connectivity index (χ4n) is 2.86. The number of aromatic nitrogens is 2. The fourth-order valence-corrected chi connectivity index (χ4v) is 4.13. The van der Waals surface area contributed by atoms with Crippen LogP contribution in [0.25, 0.3) is 5.69 Å². The quantitative estimate of drug-likeness (QED) is 0.638. The molecule has 4 rings (SSSR count). The first-order valence-electron chi connectivity index (χ1n) is 7.82. The van der Waals surface area contributed by atoms with Gasteiger partial charge in [-0.15, -0.1) is 11.3 Å². The predicted molar refractivity (Wildman–Crippen MR) is 103 cm³/mol. The van der Waals surface area contributed by atoms with E-state index in [1.54, 1.807) is 24.3 Å². The molecule has 2 N–H and O–H groups in total. The first-order valence-corrected chi connectivity index (χ1v) is 9.49. The summed E-state index contributed by atoms with van der Waals surface area (Å²) in [4.78, 5) is 12.8. The molecule has 0 saturated carbocycles. The van der Waals surface area contributed by atoms with Crippen LogP contribution in [0.1, 0.15) is 15.4 Å². The maximum Gasteiger partial charge on any atom is 0.265 e. The molecule has 3 heterocycles. The summed E-state index contributed by atoms with van der Waals surface area (Å²) in [5.74, 6) is -0.174. The van der Waals surface area contributed by atoms with Gasteiger partial charge in [0.1, 0.15) is 5.69 Å². The molecule has 0 aliphatic carbocycles. The molecule has 0 radical (unpaired) electrons. The minimum absolute atomic E-state index is 0.0203. The summed E-state index contributed by atoms with van der Waals surface area (Å²) < 4.78 is 9.21. The van der Waals surface area contributed by atoms with Crippen molar-refractivity contribution in [2.24, 2.45) is 0 Å². The number of hydrogen-bond donors (Lipinski definition) is 2. The van der Waals surface area contributed by atoms with Crippen molar-refractivity contribution in [1.29, 1.82) is 0 Å². The van der Waals surface area contributed by atoms with Crippen LogP contribution in [-0.4, -0.2) is 26.8 Å². The van der Waals surface area contributed by atoms with Crippen molar-refractivity contribution in [2.75, 3.05) is 11.9 Å². The Morgan fingerprint density at radius 1 is 1.38 bits per heavy atom. The maximum absolute atomic E-state index is 12.2. The van der Waals surface area contributed by atoms with E-state index in [4.69, 9.17) is 28.6 Å². The molecule has 134 valence electrons. The van der Waals surface area contributed by atoms with Crippen molar-refractivity contribution in [3.05, 3.63) is 56.1 Å². The molecule has 0 spiro atoms. The second-order valence-electron chi connectivity index (χ2n) is 5.69. The van der Waals surface area contributed by atoms with E-state index < -0.39 is 0 Å². The second-order valence-corrected chi connectivity index (χ2v) is 7.41. The van der Waals surface area contributed by atoms with Gasteiger partial charge in [0.15, 0.2) is 4.77 Å². The van der Waals surface area contributed by atoms with E-state index in [0.717, 1.165) is 0 Å². The monoisotopic (exact) mass is 407 g/mol. The SMILES string of the molecule is O=C(Nc1ccc(-n2c(O)c3n(c2=S)CCOC3)c(Cl)c1)c1cccs1. The Kier molecular flexibility index (Phi) is 4.58. The van der Waals surface area contributed by atoms with Crippen molar-refractivity contribution >= 4 is 46.8 Å². The normalized spacial score (nSPS) is 13.4. The van der Waals surface area contributed by atoms with Gasteiger partial charge in [-0.25, -0.2) is 0 Å². The van der Waals surface area contributed by atoms with Gasteiger partial charge < -0.3 is 19.7 Å². The molecule has 1 amide bonds. The summed E-state index contributed by atoms with van der Waals surface area (Å²) in [6, 6.07) is 8.65. The molecule has 1 aliphatic heterocycles. The molecule has 2 aromatic heterocycles. The van der Waals surface area contributed by atoms with Crippen LogP contribution in [0.15, 0.2) is 35.7 Å². The van der Waals surface area contributed by atoms with E-state index in [2.05, 4.69) is 5.32 Å². The number of fused-ring (bicyclic) bond motifs is 1. The van der Waals surface area contributed by atoms with Crippen LogP contribution in [0, 0.1) is 4.77 Å². The molecule has 0 atom stereocenters. The van der Waals surface area contributed by atoms with E-state index in [1.165, 1.54) is 15.9 Å². The van der Waals surface area contributed by atoms with E-state index in [1.807, 2.05) is 16.0 Å². The molecule has 0 bridgehead atoms. The van der Waals surface area contributed by atoms with Crippen LogP contribution in [0.3, 0.4) is 0 Å². The van der Waals surface area contributed by atoms with Crippen molar-refractivity contribution in [3.63, 3.8) is 0 Å². The lowest BCUT2D eigenvalue weighted by Gasteiger charge is -2.14. The molecule has 0 saturated heterocycles. The molecular formula is C17H14ClN3O3S2. The number of amides is 1. The highest BCUT2D eigenvalue weighted by atomic mass is 35.5. The molecular weight excluding hydrogens is 394 g/mol. The summed E-state index contributed by atoms with van der Waals surface area (Å²) in [6.45, 7) is 1.43. The molecule has 1 aromatic carbocycles. The van der Waals surface area contributed by atoms with Gasteiger partial charge in [-0.2, -0.15) is 0 Å². The summed E-state index contributed by atoms with van der Waals surface area (Å²) in [5.41, 5.74) is 1.74. The topological polar surface area (TPSA) is 68.4 Å². The maximum atomic E-state index is 12.2. The number of carbonyl (C=O) groups is 1. The Morgan fingerprint density at radius 3 is 2.92 bits per heavy atom. The van der Waals surface area contributed by atoms with Crippen LogP contribution in [0.4, 0.5) is 5.69 Å². The van der Waals surface area contributed by atoms with Crippen LogP contribution in [0.5, 0.6) is 5.88 Å². The van der Waals surface area contributed by atoms with Gasteiger partial charge in [0.25, 0.3) is 5.91 Å². The second kappa shape index (κ2) is 6.88. The highest BCUT2D eigenvalue weighted by Gasteiger charge is 2.22. The number of halogens is 1. The van der Waals surface area contributed by atoms with Gasteiger partial charge in [0.2, 0.25) is 5.88 Å². The first kappa shape index (κ1) is 17.3. The van der Waals surface area contributed by atoms with Crippen LogP contribution in [0.2, 0.25) is 5.02 Å². The summed E-state index contributed by atoms with van der Waals surface area (Å²) in [7, 11) is 0. The van der Waals surface area contributed by atoms with E-state index in [0.29, 0.717) is 51.5 Å². The number of nitrogens with one attached hydrogen (secondary N) is 1. The molecule has 26 heavy (non-hydrogen) atoms. The third-order valence-electron chi connectivity index (χ3n) is 4.11. The predicted octanol–water partition coefficient (Wildman–Crippen LogP) is 4.21. The average Bonchev–Trinajstić information content (AvgIpc) is 3.25. The number of hydrogen-bond acceptors (Lipinski definition) is 5. The van der Waals surface area contributed by atoms with Crippen molar-refractivity contribution in [3.8, 4) is 11.6 Å². The molecule has 0 fully saturated rings. The van der Waals surface area contributed by atoms with E-state index in [-0.39, 0.29) is 11.8 Å². The third kappa shape index (κ3) is 2.95. The number of thiophene rings is 1. The lowest BCUT2D eigenvalue weighted by atomic mass is 10.2. The number of imidazole rings is 1. The van der Waals surface area contributed by atoms with Gasteiger partial charge in [-0.3, -0.25) is 9.36 Å². The van der Waals surface area contributed by atoms with Crippen molar-refractivity contribution in [2.45, 2.75) is 13.2 Å². The Bertz CT molecular complexity index is 1040. The van der Waals surface area contributed by atoms with Gasteiger partial charge in [-0.1, -0.05) is 17.7 Å². The lowest BCUT2D eigenvalue weighted by molar-refractivity contribution is 0.0825. The Hall–Kier alpha value is -2.13. The molecule has 0 unspecified atom stereocenters. The summed E-state index contributed by atoms with van der Waals surface area (Å²) in [5, 5.41) is 15.6. The largest absolute Gasteiger partial charge is 0.493 e. The number of benzene rings is 1. The van der Waals surface area contributed by atoms with Gasteiger partial charge in [0.05, 0.1) is 28.8 Å². The van der Waals surface area contributed by atoms with Gasteiger partial charge >= 0.3 is 0 Å². The van der Waals surface area contributed by atoms with Crippen molar-refractivity contribution in [1.82, 2.24) is 9.13 Å². The molecule has 3 aromatic rings. The highest BCUT2D eigenvalue weighted by molar-refractivity contribution is 7.71. The number of carbonyl (C=O) groups excluding carboxylic acids is 1. The zero-order chi connectivity index (χ0) is 18.3. The zero-order valence-corrected chi connectivity index (χ0v) is 15.8. The summed E-state index contributed by atoms with van der Waals surface area (Å²) in [6.07, 6.45) is 0. The van der Waals surface area contributed by atoms with Gasteiger partial charge in [-0.05, 0) is 41.9 Å². The zero-order valence-electron chi connectivity index (χ0n) is 13.4. The van der Waals surface area contributed by atoms with Crippen LogP contribution >= 0.6 is 35.2 Å². The number of anilines is 1. The fraction of sp³-hybridized carbons (Fsp3) is 0.176. The minimum atomic E-state index is -0.195. The highest BCUT2D eigenvalue weighted by Crippen LogP contribution is 2.32. The number of ether oxygens (including phenoxy) is 1. The minimum Gasteiger partial charge on any atom is -0.493 e. The standard InChI is InChI=1S/C17H14ClN3O3S2/c18-11-8-10(19-15(22)14-2-1-7-26-14)3-4-12(11)21-16(23)13-9-24-6-5-20(13)17(21)25/h1-4,7-8,23H,5-6,9H2,(H,19,22). The first-order chi connectivity index (χ1) is 12.6. The van der Waals surface area contributed by atoms with Crippen LogP contribution < -0.4 is 5.32 Å². The molecule has 1 aliphatic rings. The lowest BCUT2D eigenvalue weighted by Crippen LogP contribution is -2.16. The number of aromatic hydroxyl groups is 1. The van der Waals surface area contributed by atoms with Crippen LogP contribution in [-0.2, 0) is 17.9 Å². The molecule has 6 nitrogen and oxygen atoms in total. The van der Waals surface area contributed by atoms with Gasteiger partial charge in [0, 0.05) is 12.2 Å². The third-order valence-corrected chi connectivity index (χ3v) is 5.68. The average molecular weight is 408 g/mol. The van der Waals surface area contributed by atoms with E-state index >= 15 is 0 Å². The van der Waals surface area contributed by atoms with Crippen molar-refractivity contribution < 1.29 is 14.6 Å². The number of rotatable bonds is 3. The van der Waals surface area contributed by atoms with E-state index in [9.17, 15) is 9.90 Å². The Labute approximate surface area is 163 Å². The Balaban J connectivity index is 1.68.